The number of aliphatic carboxylic acids is 2. The molecule has 0 bridgehead atoms. The van der Waals surface area contributed by atoms with Crippen molar-refractivity contribution >= 4 is 28.9 Å². The zero-order valence-electron chi connectivity index (χ0n) is 15.6. The van der Waals surface area contributed by atoms with Crippen molar-refractivity contribution in [2.75, 3.05) is 13.1 Å². The van der Waals surface area contributed by atoms with Gasteiger partial charge in [0.05, 0.1) is 0 Å². The summed E-state index contributed by atoms with van der Waals surface area (Å²) in [6, 6.07) is 16.8. The second-order valence-corrected chi connectivity index (χ2v) is 6.33. The number of carbonyl (C=O) groups is 2. The smallest absolute Gasteiger partial charge is 0.325 e. The maximum absolute atomic E-state index is 11.4. The summed E-state index contributed by atoms with van der Waals surface area (Å²) in [7, 11) is 0. The Labute approximate surface area is 175 Å². The third kappa shape index (κ3) is 7.80. The summed E-state index contributed by atoms with van der Waals surface area (Å²) in [5.41, 5.74) is 1.47. The van der Waals surface area contributed by atoms with E-state index in [4.69, 9.17) is 0 Å². The maximum atomic E-state index is 11.4. The van der Waals surface area contributed by atoms with Crippen LogP contribution in [0.25, 0.3) is 0 Å². The van der Waals surface area contributed by atoms with E-state index >= 15 is 0 Å². The number of hydrogen-bond donors (Lipinski definition) is 4. The first-order chi connectivity index (χ1) is 13.1. The van der Waals surface area contributed by atoms with Crippen molar-refractivity contribution < 1.29 is 19.8 Å². The number of halogens is 1. The van der Waals surface area contributed by atoms with E-state index in [9.17, 15) is 19.8 Å². The van der Waals surface area contributed by atoms with Gasteiger partial charge in [-0.1, -0.05) is 67.1 Å². The summed E-state index contributed by atoms with van der Waals surface area (Å²) in [5.74, 6) is -1.79. The number of hydrogen-bond acceptors (Lipinski definition) is 4. The Balaban J connectivity index is 0.00000392. The summed E-state index contributed by atoms with van der Waals surface area (Å²) in [4.78, 5) is 22.8. The highest BCUT2D eigenvalue weighted by atomic mass is 79.9. The Bertz CT molecular complexity index is 651. The Kier molecular flexibility index (Phi) is 11.1. The minimum atomic E-state index is -0.893. The molecule has 0 aliphatic carbocycles. The molecular formula is C21H27BrN2O4. The van der Waals surface area contributed by atoms with Crippen molar-refractivity contribution in [1.82, 2.24) is 10.6 Å². The molecule has 2 atom stereocenters. The van der Waals surface area contributed by atoms with Crippen molar-refractivity contribution in [3.8, 4) is 0 Å². The van der Waals surface area contributed by atoms with Gasteiger partial charge >= 0.3 is 11.9 Å². The van der Waals surface area contributed by atoms with Gasteiger partial charge < -0.3 is 20.8 Å². The third-order valence-corrected chi connectivity index (χ3v) is 4.31. The topological polar surface area (TPSA) is 98.7 Å². The Hall–Kier alpha value is -2.22. The molecule has 2 aromatic rings. The van der Waals surface area contributed by atoms with Crippen LogP contribution in [0.4, 0.5) is 0 Å². The number of carboxylic acid groups (broad SMARTS) is 2. The van der Waals surface area contributed by atoms with Gasteiger partial charge in [-0.15, -0.1) is 17.0 Å². The molecule has 0 saturated carbocycles. The second kappa shape index (κ2) is 13.0. The molecule has 0 aliphatic heterocycles. The monoisotopic (exact) mass is 450 g/mol. The van der Waals surface area contributed by atoms with Gasteiger partial charge in [-0.25, -0.2) is 0 Å². The zero-order valence-corrected chi connectivity index (χ0v) is 17.3. The van der Waals surface area contributed by atoms with Crippen LogP contribution in [0.2, 0.25) is 0 Å². The maximum Gasteiger partial charge on any atom is 0.325 e. The highest BCUT2D eigenvalue weighted by molar-refractivity contribution is 8.93. The lowest BCUT2D eigenvalue weighted by atomic mass is 10.1. The predicted octanol–water partition coefficient (Wildman–Crippen LogP) is 3.57. The lowest BCUT2D eigenvalue weighted by molar-refractivity contribution is -0.140. The van der Waals surface area contributed by atoms with Crippen LogP contribution in [-0.4, -0.2) is 35.2 Å². The van der Waals surface area contributed by atoms with E-state index in [0.717, 1.165) is 30.4 Å². The molecule has 2 rings (SSSR count). The fourth-order valence-corrected chi connectivity index (χ4v) is 2.91. The average molecular weight is 451 g/mol. The van der Waals surface area contributed by atoms with Crippen molar-refractivity contribution in [3.63, 3.8) is 0 Å². The molecule has 0 spiro atoms. The molecule has 4 N–H and O–H groups in total. The fourth-order valence-electron chi connectivity index (χ4n) is 2.91. The number of carboxylic acids is 2. The number of unbranched alkanes of at least 4 members (excludes halogenated alkanes) is 2. The first-order valence-electron chi connectivity index (χ1n) is 9.12. The van der Waals surface area contributed by atoms with Crippen LogP contribution >= 0.6 is 17.0 Å². The van der Waals surface area contributed by atoms with Gasteiger partial charge in [0, 0.05) is 0 Å². The van der Waals surface area contributed by atoms with Crippen LogP contribution in [0.3, 0.4) is 0 Å². The van der Waals surface area contributed by atoms with Gasteiger partial charge in [-0.3, -0.25) is 9.59 Å². The number of nitrogens with one attached hydrogen (secondary N) is 2. The molecule has 0 amide bonds. The summed E-state index contributed by atoms with van der Waals surface area (Å²) in [6.45, 7) is 1.18. The normalized spacial score (nSPS) is 12.6. The molecule has 152 valence electrons. The molecule has 6 nitrogen and oxygen atoms in total. The first kappa shape index (κ1) is 23.8. The van der Waals surface area contributed by atoms with Crippen LogP contribution in [0.15, 0.2) is 60.7 Å². The Morgan fingerprint density at radius 1 is 0.679 bits per heavy atom. The van der Waals surface area contributed by atoms with Crippen LogP contribution in [0, 0.1) is 0 Å². The predicted molar refractivity (Wildman–Crippen MR) is 114 cm³/mol. The molecule has 28 heavy (non-hydrogen) atoms. The van der Waals surface area contributed by atoms with Crippen LogP contribution in [0.5, 0.6) is 0 Å². The average Bonchev–Trinajstić information content (AvgIpc) is 2.67. The van der Waals surface area contributed by atoms with Gasteiger partial charge in [0.25, 0.3) is 0 Å². The summed E-state index contributed by atoms with van der Waals surface area (Å²) >= 11 is 0. The zero-order chi connectivity index (χ0) is 19.5. The van der Waals surface area contributed by atoms with Gasteiger partial charge in [-0.05, 0) is 37.1 Å². The van der Waals surface area contributed by atoms with Crippen molar-refractivity contribution in [2.24, 2.45) is 0 Å². The van der Waals surface area contributed by atoms with Crippen LogP contribution in [-0.2, 0) is 9.59 Å². The highest BCUT2D eigenvalue weighted by Crippen LogP contribution is 2.14. The largest absolute Gasteiger partial charge is 0.480 e. The molecule has 0 heterocycles. The van der Waals surface area contributed by atoms with Gasteiger partial charge in [0.15, 0.2) is 0 Å². The molecule has 0 aromatic heterocycles. The molecule has 0 aliphatic rings. The summed E-state index contributed by atoms with van der Waals surface area (Å²) in [6.07, 6.45) is 2.52. The molecule has 7 heteroatoms. The number of benzene rings is 2. The van der Waals surface area contributed by atoms with E-state index in [1.807, 2.05) is 36.4 Å². The van der Waals surface area contributed by atoms with Gasteiger partial charge in [0.2, 0.25) is 0 Å². The van der Waals surface area contributed by atoms with E-state index < -0.39 is 24.0 Å². The van der Waals surface area contributed by atoms with Gasteiger partial charge in [-0.2, -0.15) is 0 Å². The van der Waals surface area contributed by atoms with Crippen LogP contribution in [0.1, 0.15) is 42.5 Å². The molecule has 2 unspecified atom stereocenters. The molecule has 0 saturated heterocycles. The molecule has 0 radical (unpaired) electrons. The summed E-state index contributed by atoms with van der Waals surface area (Å²) < 4.78 is 0. The first-order valence-corrected chi connectivity index (χ1v) is 9.12. The summed E-state index contributed by atoms with van der Waals surface area (Å²) in [5, 5.41) is 24.9. The van der Waals surface area contributed by atoms with E-state index in [1.165, 1.54) is 0 Å². The highest BCUT2D eigenvalue weighted by Gasteiger charge is 2.19. The van der Waals surface area contributed by atoms with Crippen molar-refractivity contribution in [2.45, 2.75) is 31.3 Å². The third-order valence-electron chi connectivity index (χ3n) is 4.31. The Morgan fingerprint density at radius 2 is 1.04 bits per heavy atom. The van der Waals surface area contributed by atoms with E-state index in [1.54, 1.807) is 24.3 Å². The van der Waals surface area contributed by atoms with Crippen LogP contribution < -0.4 is 10.6 Å². The van der Waals surface area contributed by atoms with E-state index in [2.05, 4.69) is 10.6 Å². The lowest BCUT2D eigenvalue weighted by Crippen LogP contribution is -2.30. The molecule has 2 aromatic carbocycles. The van der Waals surface area contributed by atoms with E-state index in [-0.39, 0.29) is 17.0 Å². The number of rotatable bonds is 12. The fraction of sp³-hybridized carbons (Fsp3) is 0.333. The second-order valence-electron chi connectivity index (χ2n) is 6.33. The minimum absolute atomic E-state index is 0. The lowest BCUT2D eigenvalue weighted by Gasteiger charge is -2.16. The van der Waals surface area contributed by atoms with Crippen molar-refractivity contribution in [3.05, 3.63) is 71.8 Å². The molecule has 0 fully saturated rings. The standard InChI is InChI=1S/C21H26N2O4.BrH/c24-20(25)18(16-10-4-1-5-11-16)22-14-8-3-9-15-23-19(21(26)27)17-12-6-2-7-13-17;/h1-2,4-7,10-13,18-19,22-23H,3,8-9,14-15H2,(H,24,25)(H,26,27);1H. The molecular weight excluding hydrogens is 424 g/mol. The van der Waals surface area contributed by atoms with Crippen molar-refractivity contribution in [1.29, 1.82) is 0 Å². The SMILES string of the molecule is Br.O=C(O)C(NCCCCCNC(C(=O)O)c1ccccc1)c1ccccc1. The quantitative estimate of drug-likeness (QED) is 0.369. The van der Waals surface area contributed by atoms with E-state index in [0.29, 0.717) is 13.1 Å². The minimum Gasteiger partial charge on any atom is -0.480 e. The van der Waals surface area contributed by atoms with Gasteiger partial charge in [0.1, 0.15) is 12.1 Å². The Morgan fingerprint density at radius 3 is 1.36 bits per heavy atom.